The van der Waals surface area contributed by atoms with Gasteiger partial charge in [-0.05, 0) is 88.0 Å². The maximum atomic E-state index is 6.61. The Balaban J connectivity index is 1.13. The molecule has 2 heterocycles. The zero-order chi connectivity index (χ0) is 33.4. The fraction of sp³-hybridized carbons (Fsp3) is 0.0652. The van der Waals surface area contributed by atoms with E-state index in [0.29, 0.717) is 5.89 Å². The summed E-state index contributed by atoms with van der Waals surface area (Å²) in [6.45, 7) is 4.64. The first-order chi connectivity index (χ1) is 24.5. The molecule has 2 aromatic heterocycles. The molecule has 0 fully saturated rings. The van der Waals surface area contributed by atoms with Crippen LogP contribution in [0.4, 0.5) is 17.1 Å². The van der Waals surface area contributed by atoms with Gasteiger partial charge in [-0.25, -0.2) is 4.98 Å². The number of hydrogen-bond donors (Lipinski definition) is 0. The normalized spacial score (nSPS) is 13.2. The molecule has 238 valence electrons. The van der Waals surface area contributed by atoms with Crippen LogP contribution < -0.4 is 4.90 Å². The van der Waals surface area contributed by atoms with Crippen LogP contribution in [0.5, 0.6) is 0 Å². The molecule has 0 atom stereocenters. The molecule has 7 aromatic carbocycles. The van der Waals surface area contributed by atoms with Crippen LogP contribution in [0.1, 0.15) is 25.0 Å². The topological polar surface area (TPSA) is 42.4 Å². The predicted octanol–water partition coefficient (Wildman–Crippen LogP) is 12.8. The first-order valence-corrected chi connectivity index (χ1v) is 17.0. The van der Waals surface area contributed by atoms with Crippen LogP contribution in [0, 0.1) is 0 Å². The van der Waals surface area contributed by atoms with Crippen molar-refractivity contribution < 1.29 is 8.83 Å². The zero-order valence-electron chi connectivity index (χ0n) is 27.7. The summed E-state index contributed by atoms with van der Waals surface area (Å²) in [6, 6.07) is 55.3. The number of hydrogen-bond acceptors (Lipinski definition) is 4. The van der Waals surface area contributed by atoms with Gasteiger partial charge in [0.25, 0.3) is 0 Å². The Bertz CT molecular complexity index is 2730. The largest absolute Gasteiger partial charge is 0.454 e. The molecule has 0 saturated heterocycles. The van der Waals surface area contributed by atoms with Crippen molar-refractivity contribution in [2.24, 2.45) is 0 Å². The van der Waals surface area contributed by atoms with E-state index in [1.165, 1.54) is 27.8 Å². The van der Waals surface area contributed by atoms with Gasteiger partial charge >= 0.3 is 0 Å². The van der Waals surface area contributed by atoms with Gasteiger partial charge in [0.1, 0.15) is 11.1 Å². The Morgan fingerprint density at radius 1 is 0.500 bits per heavy atom. The minimum absolute atomic E-state index is 0.139. The second-order valence-corrected chi connectivity index (χ2v) is 13.6. The van der Waals surface area contributed by atoms with Crippen molar-refractivity contribution in [1.29, 1.82) is 0 Å². The smallest absolute Gasteiger partial charge is 0.227 e. The van der Waals surface area contributed by atoms with E-state index < -0.39 is 0 Å². The molecule has 0 spiro atoms. The molecule has 1 aliphatic carbocycles. The highest BCUT2D eigenvalue weighted by Crippen LogP contribution is 2.51. The van der Waals surface area contributed by atoms with Gasteiger partial charge < -0.3 is 13.7 Å². The van der Waals surface area contributed by atoms with Crippen LogP contribution in [0.25, 0.3) is 66.7 Å². The monoisotopic (exact) mass is 644 g/mol. The summed E-state index contributed by atoms with van der Waals surface area (Å²) in [7, 11) is 0. The number of aromatic nitrogens is 1. The van der Waals surface area contributed by atoms with E-state index in [4.69, 9.17) is 13.8 Å². The average Bonchev–Trinajstić information content (AvgIpc) is 3.83. The molecule has 0 radical (unpaired) electrons. The number of furan rings is 1. The number of rotatable bonds is 5. The summed E-state index contributed by atoms with van der Waals surface area (Å²) < 4.78 is 12.9. The summed E-state index contributed by atoms with van der Waals surface area (Å²) in [5.41, 5.74) is 14.6. The van der Waals surface area contributed by atoms with Crippen molar-refractivity contribution in [2.45, 2.75) is 19.3 Å². The Hall–Kier alpha value is -6.39. The van der Waals surface area contributed by atoms with Crippen molar-refractivity contribution >= 4 is 50.1 Å². The molecule has 0 unspecified atom stereocenters. The molecule has 4 nitrogen and oxygen atoms in total. The fourth-order valence-corrected chi connectivity index (χ4v) is 7.78. The van der Waals surface area contributed by atoms with Crippen molar-refractivity contribution in [2.75, 3.05) is 4.90 Å². The van der Waals surface area contributed by atoms with Gasteiger partial charge in [0, 0.05) is 33.1 Å². The first kappa shape index (κ1) is 28.6. The summed E-state index contributed by atoms with van der Waals surface area (Å²) in [4.78, 5) is 7.30. The van der Waals surface area contributed by atoms with Gasteiger partial charge in [0.2, 0.25) is 5.89 Å². The zero-order valence-corrected chi connectivity index (χ0v) is 27.7. The number of nitrogens with zero attached hydrogens (tertiary/aromatic N) is 2. The molecule has 50 heavy (non-hydrogen) atoms. The van der Waals surface area contributed by atoms with Gasteiger partial charge in [0.15, 0.2) is 11.2 Å². The van der Waals surface area contributed by atoms with Crippen molar-refractivity contribution in [1.82, 2.24) is 4.98 Å². The Morgan fingerprint density at radius 3 is 2.06 bits per heavy atom. The second kappa shape index (κ2) is 10.8. The van der Waals surface area contributed by atoms with E-state index >= 15 is 0 Å². The van der Waals surface area contributed by atoms with E-state index in [2.05, 4.69) is 152 Å². The molecular formula is C46H32N2O2. The summed E-state index contributed by atoms with van der Waals surface area (Å²) in [5, 5.41) is 2.19. The number of benzene rings is 7. The van der Waals surface area contributed by atoms with E-state index in [9.17, 15) is 0 Å². The van der Waals surface area contributed by atoms with Gasteiger partial charge in [-0.1, -0.05) is 117 Å². The molecular weight excluding hydrogens is 613 g/mol. The average molecular weight is 645 g/mol. The Morgan fingerprint density at radius 2 is 1.18 bits per heavy atom. The van der Waals surface area contributed by atoms with Gasteiger partial charge in [-0.3, -0.25) is 0 Å². The van der Waals surface area contributed by atoms with Crippen LogP contribution in [0.2, 0.25) is 0 Å². The number of fused-ring (bicyclic) bond motifs is 7. The Labute approximate surface area is 289 Å². The second-order valence-electron chi connectivity index (χ2n) is 13.6. The van der Waals surface area contributed by atoms with E-state index in [0.717, 1.165) is 61.2 Å². The fourth-order valence-electron chi connectivity index (χ4n) is 7.78. The number of oxazole rings is 1. The molecule has 1 aliphatic rings. The van der Waals surface area contributed by atoms with Gasteiger partial charge in [0.05, 0.1) is 5.69 Å². The molecule has 4 heteroatoms. The van der Waals surface area contributed by atoms with E-state index in [1.54, 1.807) is 0 Å². The molecule has 0 amide bonds. The highest BCUT2D eigenvalue weighted by atomic mass is 16.3. The van der Waals surface area contributed by atoms with Crippen LogP contribution >= 0.6 is 0 Å². The lowest BCUT2D eigenvalue weighted by molar-refractivity contribution is 0.620. The maximum absolute atomic E-state index is 6.61. The van der Waals surface area contributed by atoms with Crippen molar-refractivity contribution in [3.05, 3.63) is 169 Å². The van der Waals surface area contributed by atoms with Gasteiger partial charge in [-0.2, -0.15) is 0 Å². The lowest BCUT2D eigenvalue weighted by atomic mass is 9.82. The van der Waals surface area contributed by atoms with Gasteiger partial charge in [-0.15, -0.1) is 0 Å². The van der Waals surface area contributed by atoms with Crippen molar-refractivity contribution in [3.63, 3.8) is 0 Å². The van der Waals surface area contributed by atoms with E-state index in [-0.39, 0.29) is 5.41 Å². The Kier molecular flexibility index (Phi) is 6.19. The summed E-state index contributed by atoms with van der Waals surface area (Å²) in [5.74, 6) is 0.597. The maximum Gasteiger partial charge on any atom is 0.227 e. The number of anilines is 3. The molecule has 10 rings (SSSR count). The minimum Gasteiger partial charge on any atom is -0.454 e. The van der Waals surface area contributed by atoms with Crippen LogP contribution in [0.3, 0.4) is 0 Å². The molecule has 0 saturated carbocycles. The third-order valence-electron chi connectivity index (χ3n) is 10.3. The highest BCUT2D eigenvalue weighted by Gasteiger charge is 2.36. The molecule has 0 aliphatic heterocycles. The predicted molar refractivity (Wildman–Crippen MR) is 204 cm³/mol. The third kappa shape index (κ3) is 4.35. The summed E-state index contributed by atoms with van der Waals surface area (Å²) >= 11 is 0. The van der Waals surface area contributed by atoms with Crippen LogP contribution in [-0.2, 0) is 5.41 Å². The lowest BCUT2D eigenvalue weighted by Gasteiger charge is -2.28. The standard InChI is InChI=1S/C46H32N2O2/c1-46(2)38-16-8-6-13-34(38)35-25-23-32(27-39(35)46)48(41-17-10-15-37-36-14-7-9-18-42(36)49-44(37)41)33-24-26-43-40(28-33)47-45(50-43)31-21-19-30(20-22-31)29-11-4-3-5-12-29/h3-28H,1-2H3. The summed E-state index contributed by atoms with van der Waals surface area (Å²) in [6.07, 6.45) is 0. The first-order valence-electron chi connectivity index (χ1n) is 17.0. The van der Waals surface area contributed by atoms with Crippen molar-refractivity contribution in [3.8, 4) is 33.7 Å². The minimum atomic E-state index is -0.139. The SMILES string of the molecule is CC1(C)c2ccccc2-c2ccc(N(c3ccc4oc(-c5ccc(-c6ccccc6)cc5)nc4c3)c3cccc4c3oc3ccccc34)cc21. The van der Waals surface area contributed by atoms with E-state index in [1.807, 2.05) is 24.3 Å². The lowest BCUT2D eigenvalue weighted by Crippen LogP contribution is -2.16. The number of para-hydroxylation sites is 2. The molecule has 0 N–H and O–H groups in total. The van der Waals surface area contributed by atoms with Crippen LogP contribution in [-0.4, -0.2) is 4.98 Å². The molecule has 0 bridgehead atoms. The molecule has 9 aromatic rings. The quantitative estimate of drug-likeness (QED) is 0.187. The highest BCUT2D eigenvalue weighted by molar-refractivity contribution is 6.10. The van der Waals surface area contributed by atoms with Crippen LogP contribution in [0.15, 0.2) is 167 Å². The third-order valence-corrected chi connectivity index (χ3v) is 10.3.